The molecule has 3 aromatic carbocycles. The van der Waals surface area contributed by atoms with E-state index in [2.05, 4.69) is 11.1 Å². The Hall–Kier alpha value is -4.21. The Balaban J connectivity index is 1.61. The molecule has 0 unspecified atom stereocenters. The Morgan fingerprint density at radius 3 is 2.44 bits per heavy atom. The quantitative estimate of drug-likeness (QED) is 0.255. The highest BCUT2D eigenvalue weighted by molar-refractivity contribution is 7.19. The van der Waals surface area contributed by atoms with Gasteiger partial charge in [-0.3, -0.25) is 0 Å². The lowest BCUT2D eigenvalue weighted by Gasteiger charge is -2.09. The molecule has 0 amide bonds. The minimum absolute atomic E-state index is 0.105. The summed E-state index contributed by atoms with van der Waals surface area (Å²) in [5.74, 6) is 0.811. The predicted octanol–water partition coefficient (Wildman–Crippen LogP) is 7.00. The van der Waals surface area contributed by atoms with Gasteiger partial charge in [-0.15, -0.1) is 11.3 Å². The van der Waals surface area contributed by atoms with Gasteiger partial charge in [-0.2, -0.15) is 10.4 Å². The third kappa shape index (κ3) is 4.47. The van der Waals surface area contributed by atoms with Gasteiger partial charge in [-0.05, 0) is 68.5 Å². The van der Waals surface area contributed by atoms with Crippen LogP contribution < -0.4 is 4.74 Å². The maximum atomic E-state index is 9.98. The van der Waals surface area contributed by atoms with Crippen LogP contribution in [-0.2, 0) is 0 Å². The van der Waals surface area contributed by atoms with Crippen LogP contribution in [0.4, 0.5) is 0 Å². The number of hydrogen-bond acceptors (Lipinski definition) is 5. The summed E-state index contributed by atoms with van der Waals surface area (Å²) in [4.78, 5) is 4.67. The average Bonchev–Trinajstić information content (AvgIpc) is 3.47. The number of rotatable bonds is 6. The molecule has 2 aromatic heterocycles. The van der Waals surface area contributed by atoms with Crippen molar-refractivity contribution in [2.45, 2.75) is 20.0 Å². The Labute approximate surface area is 202 Å². The lowest BCUT2D eigenvalue weighted by atomic mass is 10.1. The SMILES string of the molecule is CC(C)Oc1ccc(-c2nn(-c3ccccc3)cc2/C=C(\C#N)c2nc3ccccc3s2)cc1. The summed E-state index contributed by atoms with van der Waals surface area (Å²) in [6.45, 7) is 4.01. The predicted molar refractivity (Wildman–Crippen MR) is 138 cm³/mol. The number of hydrogen-bond donors (Lipinski definition) is 0. The van der Waals surface area contributed by atoms with Gasteiger partial charge in [0.1, 0.15) is 16.8 Å². The molecule has 0 aliphatic heterocycles. The van der Waals surface area contributed by atoms with Crippen molar-refractivity contribution < 1.29 is 4.74 Å². The monoisotopic (exact) mass is 462 g/mol. The maximum Gasteiger partial charge on any atom is 0.135 e. The van der Waals surface area contributed by atoms with Crippen molar-refractivity contribution in [3.8, 4) is 28.8 Å². The van der Waals surface area contributed by atoms with Crippen LogP contribution in [0.25, 0.3) is 38.8 Å². The van der Waals surface area contributed by atoms with Crippen LogP contribution in [0.3, 0.4) is 0 Å². The van der Waals surface area contributed by atoms with E-state index in [1.807, 2.05) is 110 Å². The van der Waals surface area contributed by atoms with Crippen LogP contribution in [-0.4, -0.2) is 20.9 Å². The van der Waals surface area contributed by atoms with Crippen LogP contribution in [0.5, 0.6) is 5.75 Å². The maximum absolute atomic E-state index is 9.98. The number of aromatic nitrogens is 3. The molecular formula is C28H22N4OS. The van der Waals surface area contributed by atoms with Gasteiger partial charge in [0.2, 0.25) is 0 Å². The summed E-state index contributed by atoms with van der Waals surface area (Å²) in [5.41, 5.74) is 4.92. The fourth-order valence-corrected chi connectivity index (χ4v) is 4.61. The first kappa shape index (κ1) is 21.6. The number of allylic oxidation sites excluding steroid dienone is 1. The third-order valence-electron chi connectivity index (χ3n) is 5.21. The molecule has 0 saturated carbocycles. The lowest BCUT2D eigenvalue weighted by Crippen LogP contribution is -2.05. The second kappa shape index (κ2) is 9.34. The van der Waals surface area contributed by atoms with Gasteiger partial charge in [-0.25, -0.2) is 9.67 Å². The van der Waals surface area contributed by atoms with Gasteiger partial charge in [-0.1, -0.05) is 30.3 Å². The summed E-state index contributed by atoms with van der Waals surface area (Å²) in [7, 11) is 0. The van der Waals surface area contributed by atoms with Gasteiger partial charge in [0.15, 0.2) is 0 Å². The highest BCUT2D eigenvalue weighted by Crippen LogP contribution is 2.32. The molecule has 0 saturated heterocycles. The number of fused-ring (bicyclic) bond motifs is 1. The van der Waals surface area contributed by atoms with E-state index in [-0.39, 0.29) is 6.10 Å². The zero-order valence-corrected chi connectivity index (χ0v) is 19.7. The van der Waals surface area contributed by atoms with Crippen molar-refractivity contribution in [3.05, 3.63) is 95.6 Å². The molecule has 0 radical (unpaired) electrons. The Morgan fingerprint density at radius 1 is 1.00 bits per heavy atom. The van der Waals surface area contributed by atoms with E-state index < -0.39 is 0 Å². The fraction of sp³-hybridized carbons (Fsp3) is 0.107. The first-order chi connectivity index (χ1) is 16.6. The minimum Gasteiger partial charge on any atom is -0.491 e. The number of benzene rings is 3. The largest absolute Gasteiger partial charge is 0.491 e. The molecule has 0 spiro atoms. The number of nitrogens with zero attached hydrogens (tertiary/aromatic N) is 4. The lowest BCUT2D eigenvalue weighted by molar-refractivity contribution is 0.242. The van der Waals surface area contributed by atoms with Gasteiger partial charge in [0, 0.05) is 17.3 Å². The molecule has 0 N–H and O–H groups in total. The number of nitriles is 1. The molecule has 166 valence electrons. The molecule has 0 atom stereocenters. The van der Waals surface area contributed by atoms with Crippen LogP contribution in [0, 0.1) is 11.3 Å². The molecule has 0 bridgehead atoms. The van der Waals surface area contributed by atoms with Crippen LogP contribution in [0.15, 0.2) is 85.1 Å². The Kier molecular flexibility index (Phi) is 5.94. The molecule has 0 aliphatic carbocycles. The van der Waals surface area contributed by atoms with E-state index in [0.29, 0.717) is 10.6 Å². The van der Waals surface area contributed by atoms with Crippen LogP contribution in [0.1, 0.15) is 24.4 Å². The summed E-state index contributed by atoms with van der Waals surface area (Å²) in [6, 6.07) is 28.1. The number of ether oxygens (including phenoxy) is 1. The summed E-state index contributed by atoms with van der Waals surface area (Å²) < 4.78 is 8.69. The van der Waals surface area contributed by atoms with Crippen LogP contribution >= 0.6 is 11.3 Å². The first-order valence-corrected chi connectivity index (χ1v) is 11.8. The van der Waals surface area contributed by atoms with Gasteiger partial charge in [0.05, 0.1) is 33.3 Å². The van der Waals surface area contributed by atoms with E-state index in [0.717, 1.165) is 38.5 Å². The van der Waals surface area contributed by atoms with Gasteiger partial charge in [0.25, 0.3) is 0 Å². The second-order valence-electron chi connectivity index (χ2n) is 8.06. The Bertz CT molecular complexity index is 1470. The molecule has 0 fully saturated rings. The van der Waals surface area contributed by atoms with Crippen molar-refractivity contribution in [1.29, 1.82) is 5.26 Å². The topological polar surface area (TPSA) is 63.7 Å². The van der Waals surface area contributed by atoms with E-state index in [1.54, 1.807) is 0 Å². The van der Waals surface area contributed by atoms with E-state index >= 15 is 0 Å². The van der Waals surface area contributed by atoms with Crippen molar-refractivity contribution in [3.63, 3.8) is 0 Å². The number of thiazole rings is 1. The molecule has 5 nitrogen and oxygen atoms in total. The molecule has 5 aromatic rings. The van der Waals surface area contributed by atoms with Crippen molar-refractivity contribution in [2.24, 2.45) is 0 Å². The molecular weight excluding hydrogens is 440 g/mol. The summed E-state index contributed by atoms with van der Waals surface area (Å²) >= 11 is 1.52. The smallest absolute Gasteiger partial charge is 0.135 e. The van der Waals surface area contributed by atoms with E-state index in [4.69, 9.17) is 9.84 Å². The van der Waals surface area contributed by atoms with Crippen LogP contribution in [0.2, 0.25) is 0 Å². The average molecular weight is 463 g/mol. The highest BCUT2D eigenvalue weighted by atomic mass is 32.1. The van der Waals surface area contributed by atoms with Crippen molar-refractivity contribution in [2.75, 3.05) is 0 Å². The van der Waals surface area contributed by atoms with Gasteiger partial charge >= 0.3 is 0 Å². The molecule has 34 heavy (non-hydrogen) atoms. The third-order valence-corrected chi connectivity index (χ3v) is 6.28. The zero-order chi connectivity index (χ0) is 23.5. The van der Waals surface area contributed by atoms with Crippen molar-refractivity contribution >= 4 is 33.2 Å². The molecule has 6 heteroatoms. The van der Waals surface area contributed by atoms with Gasteiger partial charge < -0.3 is 4.74 Å². The van der Waals surface area contributed by atoms with E-state index in [9.17, 15) is 5.26 Å². The minimum atomic E-state index is 0.105. The molecule has 5 rings (SSSR count). The normalized spacial score (nSPS) is 11.6. The summed E-state index contributed by atoms with van der Waals surface area (Å²) in [6.07, 6.45) is 3.93. The Morgan fingerprint density at radius 2 is 1.74 bits per heavy atom. The first-order valence-electron chi connectivity index (χ1n) is 11.0. The van der Waals surface area contributed by atoms with Crippen molar-refractivity contribution in [1.82, 2.24) is 14.8 Å². The molecule has 2 heterocycles. The highest BCUT2D eigenvalue weighted by Gasteiger charge is 2.15. The molecule has 0 aliphatic rings. The standard InChI is InChI=1S/C28H22N4OS/c1-19(2)33-24-14-12-20(13-15-24)27-22(18-32(31-27)23-8-4-3-5-9-23)16-21(17-29)28-30-25-10-6-7-11-26(25)34-28/h3-16,18-19H,1-2H3/b21-16+. The number of para-hydroxylation sites is 2. The second-order valence-corrected chi connectivity index (χ2v) is 9.09. The summed E-state index contributed by atoms with van der Waals surface area (Å²) in [5, 5.41) is 15.5. The zero-order valence-electron chi connectivity index (χ0n) is 18.8. The van der Waals surface area contributed by atoms with E-state index in [1.165, 1.54) is 11.3 Å². The fourth-order valence-electron chi connectivity index (χ4n) is 3.68.